The maximum absolute atomic E-state index is 13.7. The van der Waals surface area contributed by atoms with Crippen molar-refractivity contribution in [3.8, 4) is 0 Å². The van der Waals surface area contributed by atoms with E-state index in [4.69, 9.17) is 24.9 Å². The van der Waals surface area contributed by atoms with Gasteiger partial charge in [-0.25, -0.2) is 29.0 Å². The summed E-state index contributed by atoms with van der Waals surface area (Å²) < 4.78 is 22.2. The van der Waals surface area contributed by atoms with Crippen LogP contribution >= 0.6 is 0 Å². The standard InChI is InChI=1S/C50H58N8O16.C17H23FN4O6.C2H6.CH3F.CO2/c1-28-9-13-34(27-52-28)44(66)54-36(18-21-41(61)62)47(69)55-35(17-20-40(59)60)45(67)53-26-29-10-15-32(16-11-29)43(65)56-39(25-30-12-14-31-6-2-3-7-33(31)24-30)46(68)51-23-5-4-8-37(48(70)71)57-50(74)58-38(49(72)73)19-22-42(63)64;18-13-7-6-11(10-21-13)15(25)19-8-2-1-4-12(16(26)27)22-17(28)20-9-3-5-14(23)24;2*1-2;2-1-3/h2-3,6-7,9-16,24,27,35-39H,4-5,8,17-23,25-26H2,1H3,(H,51,68)(H,53,67)(H,54,66)(H,55,69)(H,56,65)(H,59,60)(H,61,62)(H,63,64)(H,70,71)(H,72,73)(H2,57,58,74);6-7,10,12H,1-5,8-9H2,(H,19,25)(H,23,24)(H,26,27)(H2,20,22,28);1-2H3;1H3;/t35?,36?,37?,38-,39?;12-;;;/m00.../s1/i;18-1;;2-1;. The van der Waals surface area contributed by atoms with Crippen molar-refractivity contribution in [1.82, 2.24) is 63.1 Å². The molecule has 2 heterocycles. The highest BCUT2D eigenvalue weighted by molar-refractivity contribution is 5.99. The molecule has 36 nitrogen and oxygen atoms in total. The number of amides is 10. The molecule has 109 heavy (non-hydrogen) atoms. The third-order valence-corrected chi connectivity index (χ3v) is 15.0. The highest BCUT2D eigenvalue weighted by atomic mass is 18.2. The zero-order valence-electron chi connectivity index (χ0n) is 59.9. The van der Waals surface area contributed by atoms with Gasteiger partial charge in [-0.2, -0.15) is 14.0 Å². The third kappa shape index (κ3) is 39.7. The van der Waals surface area contributed by atoms with Crippen molar-refractivity contribution in [2.24, 2.45) is 0 Å². The first kappa shape index (κ1) is 94.1. The number of pyridine rings is 2. The Balaban J connectivity index is 0.00000141. The van der Waals surface area contributed by atoms with Crippen molar-refractivity contribution in [2.75, 3.05) is 26.8 Å². The summed E-state index contributed by atoms with van der Waals surface area (Å²) in [6.45, 7) is 5.99. The van der Waals surface area contributed by atoms with E-state index in [0.717, 1.165) is 28.6 Å². The Morgan fingerprint density at radius 1 is 0.404 bits per heavy atom. The van der Waals surface area contributed by atoms with Crippen molar-refractivity contribution < 1.29 is 126 Å². The minimum atomic E-state index is -1.58. The third-order valence-electron chi connectivity index (χ3n) is 15.0. The highest BCUT2D eigenvalue weighted by Crippen LogP contribution is 2.18. The minimum absolute atomic E-state index is 0.0345. The fraction of sp³-hybridized carbons (Fsp3) is 0.408. The number of aryl methyl sites for hydroxylation is 1. The number of nitrogens with one attached hydrogen (secondary N) is 10. The number of unbranched alkanes of at least 4 members (excludes halogenated alkanes) is 2. The second-order valence-electron chi connectivity index (χ2n) is 23.1. The Bertz CT molecular complexity index is 3870. The molecule has 0 fully saturated rings. The zero-order valence-corrected chi connectivity index (χ0v) is 59.9. The van der Waals surface area contributed by atoms with Crippen LogP contribution in [0.4, 0.5) is 18.4 Å². The smallest absolute Gasteiger partial charge is 0.373 e. The number of fused-ring (bicyclic) bond motifs is 1. The maximum atomic E-state index is 13.7. The van der Waals surface area contributed by atoms with Gasteiger partial charge in [0.1, 0.15) is 36.3 Å². The molecule has 2 aromatic heterocycles. The number of carboxylic acid groups (broad SMARTS) is 7. The first-order valence-corrected chi connectivity index (χ1v) is 33.8. The van der Waals surface area contributed by atoms with Gasteiger partial charge in [0.15, 0.2) is 0 Å². The molecule has 4 unspecified atom stereocenters. The van der Waals surface area contributed by atoms with Gasteiger partial charge < -0.3 is 88.9 Å². The molecule has 10 amide bonds. The van der Waals surface area contributed by atoms with Gasteiger partial charge in [-0.3, -0.25) is 57.3 Å². The first-order valence-electron chi connectivity index (χ1n) is 33.8. The van der Waals surface area contributed by atoms with E-state index in [1.54, 1.807) is 13.0 Å². The van der Waals surface area contributed by atoms with Gasteiger partial charge in [-0.15, -0.1) is 0 Å². The van der Waals surface area contributed by atoms with Gasteiger partial charge in [-0.05, 0) is 129 Å². The van der Waals surface area contributed by atoms with Gasteiger partial charge in [-0.1, -0.05) is 68.4 Å². The van der Waals surface area contributed by atoms with Crippen molar-refractivity contribution >= 4 is 106 Å². The number of halogens is 2. The monoisotopic (exact) mass is 1530 g/mol. The lowest BCUT2D eigenvalue weighted by Crippen LogP contribution is -2.53. The Morgan fingerprint density at radius 2 is 0.835 bits per heavy atom. The number of alkyl halides is 1. The van der Waals surface area contributed by atoms with E-state index >= 15 is 0 Å². The summed E-state index contributed by atoms with van der Waals surface area (Å²) >= 11 is 0. The predicted molar refractivity (Wildman–Crippen MR) is 380 cm³/mol. The topological polar surface area (TPSA) is 578 Å². The van der Waals surface area contributed by atoms with Crippen LogP contribution in [-0.4, -0.2) is 204 Å². The van der Waals surface area contributed by atoms with Crippen LogP contribution in [0.25, 0.3) is 10.8 Å². The molecule has 5 aromatic rings. The number of carbonyl (C=O) groups excluding carboxylic acids is 10. The lowest BCUT2D eigenvalue weighted by Gasteiger charge is -2.23. The summed E-state index contributed by atoms with van der Waals surface area (Å²) in [5, 5.41) is 90.5. The van der Waals surface area contributed by atoms with E-state index < -0.39 is 157 Å². The van der Waals surface area contributed by atoms with E-state index in [-0.39, 0.29) is 107 Å². The molecule has 0 spiro atoms. The average molecular weight is 1530 g/mol. The summed E-state index contributed by atoms with van der Waals surface area (Å²) in [6.07, 6.45) is 1.45. The number of urea groups is 2. The Morgan fingerprint density at radius 3 is 1.35 bits per heavy atom. The molecule has 0 aliphatic heterocycles. The van der Waals surface area contributed by atoms with Crippen LogP contribution in [-0.2, 0) is 70.5 Å². The van der Waals surface area contributed by atoms with Gasteiger partial charge in [0.25, 0.3) is 17.7 Å². The number of hydrogen-bond donors (Lipinski definition) is 17. The van der Waals surface area contributed by atoms with Crippen LogP contribution in [0, 0.1) is 12.9 Å². The number of benzene rings is 3. The van der Waals surface area contributed by atoms with Crippen LogP contribution in [0.1, 0.15) is 152 Å². The molecular formula is C71H90F2N12O24. The second-order valence-corrected chi connectivity index (χ2v) is 23.1. The molecule has 6 atom stereocenters. The number of carbonyl (C=O) groups is 15. The Hall–Kier alpha value is -12.9. The highest BCUT2D eigenvalue weighted by Gasteiger charge is 2.30. The summed E-state index contributed by atoms with van der Waals surface area (Å²) in [6, 6.07) is 14.5. The Kier molecular flexibility index (Phi) is 45.7. The second kappa shape index (κ2) is 53.0. The fourth-order valence-electron chi connectivity index (χ4n) is 9.47. The van der Waals surface area contributed by atoms with E-state index in [1.165, 1.54) is 42.6 Å². The maximum Gasteiger partial charge on any atom is 0.373 e. The van der Waals surface area contributed by atoms with Gasteiger partial charge in [0.2, 0.25) is 23.7 Å². The first-order chi connectivity index (χ1) is 51.9. The molecule has 17 N–H and O–H groups in total. The van der Waals surface area contributed by atoms with Gasteiger partial charge >= 0.3 is 60.0 Å². The van der Waals surface area contributed by atoms with Gasteiger partial charge in [0, 0.05) is 81.9 Å². The number of nitrogens with zero attached hydrogens (tertiary/aromatic N) is 2. The zero-order chi connectivity index (χ0) is 82.0. The normalized spacial score (nSPS) is 11.8. The van der Waals surface area contributed by atoms with Crippen molar-refractivity contribution in [3.05, 3.63) is 143 Å². The molecule has 3 aromatic carbocycles. The van der Waals surface area contributed by atoms with Crippen LogP contribution in [0.3, 0.4) is 0 Å². The number of aromatic nitrogens is 2. The quantitative estimate of drug-likeness (QED) is 0.0196. The van der Waals surface area contributed by atoms with Crippen LogP contribution in [0.2, 0.25) is 0 Å². The molecule has 0 bridgehead atoms. The molecule has 5 rings (SSSR count). The van der Waals surface area contributed by atoms with Crippen LogP contribution in [0.5, 0.6) is 0 Å². The summed E-state index contributed by atoms with van der Waals surface area (Å²) in [7, 11) is 0.500. The number of aliphatic carboxylic acids is 7. The van der Waals surface area contributed by atoms with E-state index in [2.05, 4.69) is 63.1 Å². The minimum Gasteiger partial charge on any atom is -0.481 e. The molecule has 0 aliphatic carbocycles. The summed E-state index contributed by atoms with van der Waals surface area (Å²) in [5.74, 6) is -13.6. The SMILES string of the molecule is CC.C[18F].Cc1ccc(C(=O)NC(CCC(=O)O)C(=O)NC(CCC(=O)O)C(=O)NCc2ccc(C(=O)NC(Cc3ccc4ccccc4c3)C(=O)NCCCCC(NC(=O)N[C@@H](CCC(=O)O)C(=O)O)C(=O)O)cc2)cn1.O=C(O)CCCNC(=O)N[C@@H](CCCCNC(=O)c1ccc([18F])nc1)C(=O)O.O=C=O. The Labute approximate surface area is 622 Å². The van der Waals surface area contributed by atoms with Crippen LogP contribution < -0.4 is 53.2 Å². The fourth-order valence-corrected chi connectivity index (χ4v) is 9.47. The van der Waals surface area contributed by atoms with Crippen LogP contribution in [0.15, 0.2) is 103 Å². The average Bonchev–Trinajstić information content (AvgIpc) is 0.834. The molecular weight excluding hydrogens is 1440 g/mol. The summed E-state index contributed by atoms with van der Waals surface area (Å²) in [5.41, 5.74) is 2.25. The number of hydrogen-bond acceptors (Lipinski definition) is 19. The molecule has 0 aliphatic rings. The lowest BCUT2D eigenvalue weighted by atomic mass is 10.0. The van der Waals surface area contributed by atoms with Crippen molar-refractivity contribution in [1.29, 1.82) is 0 Å². The van der Waals surface area contributed by atoms with E-state index in [1.807, 2.05) is 56.3 Å². The van der Waals surface area contributed by atoms with Crippen molar-refractivity contribution in [2.45, 2.75) is 160 Å². The molecule has 592 valence electrons. The van der Waals surface area contributed by atoms with Crippen molar-refractivity contribution in [3.63, 3.8) is 0 Å². The van der Waals surface area contributed by atoms with E-state index in [0.29, 0.717) is 31.3 Å². The summed E-state index contributed by atoms with van der Waals surface area (Å²) in [4.78, 5) is 205. The lowest BCUT2D eigenvalue weighted by molar-refractivity contribution is -0.192. The largest absolute Gasteiger partial charge is 0.481 e. The van der Waals surface area contributed by atoms with Gasteiger partial charge in [0.05, 0.1) is 18.3 Å². The molecule has 38 heteroatoms. The molecule has 0 saturated heterocycles. The predicted octanol–water partition coefficient (Wildman–Crippen LogP) is 3.64. The number of carboxylic acids is 7. The molecule has 0 radical (unpaired) electrons. The number of rotatable bonds is 42. The molecule has 0 saturated carbocycles. The van der Waals surface area contributed by atoms with E-state index in [9.17, 15) is 101 Å².